The van der Waals surface area contributed by atoms with E-state index in [2.05, 4.69) is 284 Å². The molecule has 0 atom stereocenters. The van der Waals surface area contributed by atoms with Crippen molar-refractivity contribution < 1.29 is 4.74 Å². The number of aromatic nitrogens is 2. The summed E-state index contributed by atoms with van der Waals surface area (Å²) in [7, 11) is 0. The molecule has 5 nitrogen and oxygen atoms in total. The summed E-state index contributed by atoms with van der Waals surface area (Å²) in [5, 5.41) is 2.33. The topological polar surface area (TPSA) is 33.5 Å². The highest BCUT2D eigenvalue weighted by Gasteiger charge is 2.32. The molecule has 0 radical (unpaired) electrons. The van der Waals surface area contributed by atoms with Gasteiger partial charge >= 0.3 is 0 Å². The minimum atomic E-state index is -0.342. The molecule has 0 aliphatic carbocycles. The molecule has 0 amide bonds. The second-order valence-corrected chi connectivity index (χ2v) is 23.1. The Bertz CT molecular complexity index is 3650. The SMILES string of the molecule is CC(C)(C)c1cc(-c2ccccc2)cc(N2CN(c3cc(Oc4ccc5c6cc(C(C)(C)c7ccccc7)ccc6n(-c6cc(C(C)(C)C)ccn6)c5c4)cc(C(C)(C)c4ccccc4)c3)c3ccccc32)c1. The lowest BCUT2D eigenvalue weighted by atomic mass is 9.78. The van der Waals surface area contributed by atoms with Gasteiger partial charge in [-0.3, -0.25) is 4.57 Å². The van der Waals surface area contributed by atoms with E-state index in [1.165, 1.54) is 55.7 Å². The van der Waals surface area contributed by atoms with Crippen LogP contribution in [0.2, 0.25) is 0 Å². The first kappa shape index (κ1) is 47.4. The molecule has 11 rings (SSSR count). The van der Waals surface area contributed by atoms with E-state index in [4.69, 9.17) is 9.72 Å². The van der Waals surface area contributed by atoms with E-state index >= 15 is 0 Å². The van der Waals surface area contributed by atoms with Gasteiger partial charge in [-0.2, -0.15) is 0 Å². The lowest BCUT2D eigenvalue weighted by Crippen LogP contribution is -2.25. The van der Waals surface area contributed by atoms with Crippen molar-refractivity contribution in [2.24, 2.45) is 0 Å². The second kappa shape index (κ2) is 18.0. The Morgan fingerprint density at radius 3 is 1.59 bits per heavy atom. The first-order valence-electron chi connectivity index (χ1n) is 25.8. The van der Waals surface area contributed by atoms with Crippen LogP contribution in [-0.2, 0) is 21.7 Å². The molecule has 0 unspecified atom stereocenters. The minimum Gasteiger partial charge on any atom is -0.457 e. The van der Waals surface area contributed by atoms with Crippen LogP contribution in [0.5, 0.6) is 11.5 Å². The van der Waals surface area contributed by atoms with Gasteiger partial charge in [-0.05, 0) is 128 Å². The van der Waals surface area contributed by atoms with Crippen LogP contribution in [0.3, 0.4) is 0 Å². The van der Waals surface area contributed by atoms with Crippen LogP contribution >= 0.6 is 0 Å². The summed E-state index contributed by atoms with van der Waals surface area (Å²) in [5.41, 5.74) is 15.9. The third-order valence-electron chi connectivity index (χ3n) is 15.4. The first-order chi connectivity index (χ1) is 34.9. The van der Waals surface area contributed by atoms with Crippen molar-refractivity contribution in [2.75, 3.05) is 16.5 Å². The highest BCUT2D eigenvalue weighted by Crippen LogP contribution is 2.48. The zero-order valence-electron chi connectivity index (χ0n) is 44.0. The van der Waals surface area contributed by atoms with Crippen LogP contribution < -0.4 is 14.5 Å². The van der Waals surface area contributed by atoms with Gasteiger partial charge in [-0.15, -0.1) is 0 Å². The number of hydrogen-bond acceptors (Lipinski definition) is 4. The number of pyridine rings is 1. The van der Waals surface area contributed by atoms with Crippen molar-refractivity contribution >= 4 is 44.6 Å². The fraction of sp³-hybridized carbons (Fsp3) is 0.221. The summed E-state index contributed by atoms with van der Waals surface area (Å²) in [6.07, 6.45) is 1.95. The predicted octanol–water partition coefficient (Wildman–Crippen LogP) is 18.1. The van der Waals surface area contributed by atoms with Crippen LogP contribution in [-0.4, -0.2) is 16.2 Å². The molecule has 2 aromatic heterocycles. The van der Waals surface area contributed by atoms with Crippen molar-refractivity contribution in [2.45, 2.75) is 90.9 Å². The maximum Gasteiger partial charge on any atom is 0.137 e. The fourth-order valence-electron chi connectivity index (χ4n) is 10.7. The number of benzene rings is 8. The molecule has 73 heavy (non-hydrogen) atoms. The summed E-state index contributed by atoms with van der Waals surface area (Å²) < 4.78 is 9.52. The summed E-state index contributed by atoms with van der Waals surface area (Å²) in [6, 6.07) is 73.0. The van der Waals surface area contributed by atoms with Gasteiger partial charge in [0.05, 0.1) is 22.4 Å². The molecule has 5 heteroatoms. The van der Waals surface area contributed by atoms with Crippen LogP contribution in [0.25, 0.3) is 38.8 Å². The van der Waals surface area contributed by atoms with E-state index in [0.29, 0.717) is 6.67 Å². The lowest BCUT2D eigenvalue weighted by Gasteiger charge is -2.29. The van der Waals surface area contributed by atoms with E-state index in [1.54, 1.807) is 0 Å². The van der Waals surface area contributed by atoms with Gasteiger partial charge < -0.3 is 14.5 Å². The minimum absolute atomic E-state index is 0.0470. The number of fused-ring (bicyclic) bond motifs is 4. The second-order valence-electron chi connectivity index (χ2n) is 23.1. The van der Waals surface area contributed by atoms with Gasteiger partial charge in [-0.1, -0.05) is 184 Å². The van der Waals surface area contributed by atoms with E-state index in [1.807, 2.05) is 6.20 Å². The number of hydrogen-bond donors (Lipinski definition) is 0. The zero-order valence-corrected chi connectivity index (χ0v) is 44.0. The monoisotopic (exact) mass is 955 g/mol. The number of ether oxygens (including phenoxy) is 1. The van der Waals surface area contributed by atoms with Crippen molar-refractivity contribution in [3.8, 4) is 28.4 Å². The Labute approximate surface area is 432 Å². The molecule has 1 aliphatic rings. The van der Waals surface area contributed by atoms with Gasteiger partial charge in [0.15, 0.2) is 0 Å². The summed E-state index contributed by atoms with van der Waals surface area (Å²) >= 11 is 0. The average Bonchev–Trinajstić information content (AvgIpc) is 3.95. The molecule has 10 aromatic rings. The Morgan fingerprint density at radius 2 is 0.959 bits per heavy atom. The molecule has 0 saturated heterocycles. The highest BCUT2D eigenvalue weighted by atomic mass is 16.5. The Kier molecular flexibility index (Phi) is 11.7. The molecule has 364 valence electrons. The quantitative estimate of drug-likeness (QED) is 0.137. The molecule has 0 spiro atoms. The molecule has 8 aromatic carbocycles. The van der Waals surface area contributed by atoms with Crippen molar-refractivity contribution in [1.29, 1.82) is 0 Å². The Hall–Kier alpha value is -7.89. The molecular formula is C68H66N4O. The van der Waals surface area contributed by atoms with Crippen LogP contribution in [0.1, 0.15) is 103 Å². The normalized spacial score (nSPS) is 13.2. The third-order valence-corrected chi connectivity index (χ3v) is 15.4. The molecule has 1 aliphatic heterocycles. The van der Waals surface area contributed by atoms with Gasteiger partial charge in [0.1, 0.15) is 24.0 Å². The number of para-hydroxylation sites is 2. The maximum atomic E-state index is 7.20. The zero-order chi connectivity index (χ0) is 50.9. The summed E-state index contributed by atoms with van der Waals surface area (Å²) in [6.45, 7) is 23.6. The van der Waals surface area contributed by atoms with Crippen molar-refractivity contribution in [3.63, 3.8) is 0 Å². The third kappa shape index (κ3) is 8.86. The first-order valence-corrected chi connectivity index (χ1v) is 25.8. The number of nitrogens with zero attached hydrogens (tertiary/aromatic N) is 4. The van der Waals surface area contributed by atoms with Crippen LogP contribution in [0, 0.1) is 0 Å². The predicted molar refractivity (Wildman–Crippen MR) is 307 cm³/mol. The van der Waals surface area contributed by atoms with E-state index in [-0.39, 0.29) is 21.7 Å². The lowest BCUT2D eigenvalue weighted by molar-refractivity contribution is 0.480. The van der Waals surface area contributed by atoms with Gasteiger partial charge in [0, 0.05) is 51.3 Å². The van der Waals surface area contributed by atoms with E-state index in [9.17, 15) is 0 Å². The van der Waals surface area contributed by atoms with Gasteiger partial charge in [0.2, 0.25) is 0 Å². The smallest absolute Gasteiger partial charge is 0.137 e. The summed E-state index contributed by atoms with van der Waals surface area (Å²) in [4.78, 5) is 9.96. The van der Waals surface area contributed by atoms with E-state index in [0.717, 1.165) is 50.7 Å². The van der Waals surface area contributed by atoms with Crippen LogP contribution in [0.15, 0.2) is 206 Å². The standard InChI is InChI=1S/C68H66N4O/c1-65(2,3)50-34-35-69-64(42-50)72-60-33-30-51(67(7,8)48-24-16-12-17-25-48)41-59(60)58-32-31-56(44-63(58)72)73-57-40-53(68(9,10)49-26-18-13-19-27-49)39-55(43-57)71-45-70(61-28-20-21-29-62(61)71)54-37-47(46-22-14-11-15-23-46)36-52(38-54)66(4,5)6/h11-44H,45H2,1-10H3. The molecule has 0 N–H and O–H groups in total. The largest absolute Gasteiger partial charge is 0.457 e. The Balaban J connectivity index is 1.05. The van der Waals surface area contributed by atoms with Gasteiger partial charge in [-0.25, -0.2) is 4.98 Å². The molecular weight excluding hydrogens is 889 g/mol. The molecule has 0 fully saturated rings. The average molecular weight is 955 g/mol. The fourth-order valence-corrected chi connectivity index (χ4v) is 10.7. The number of anilines is 4. The van der Waals surface area contributed by atoms with E-state index < -0.39 is 0 Å². The maximum absolute atomic E-state index is 7.20. The number of rotatable bonds is 10. The molecule has 0 bridgehead atoms. The van der Waals surface area contributed by atoms with Crippen LogP contribution in [0.4, 0.5) is 22.7 Å². The molecule has 3 heterocycles. The van der Waals surface area contributed by atoms with Crippen molar-refractivity contribution in [3.05, 3.63) is 240 Å². The summed E-state index contributed by atoms with van der Waals surface area (Å²) in [5.74, 6) is 2.41. The van der Waals surface area contributed by atoms with Gasteiger partial charge in [0.25, 0.3) is 0 Å². The Morgan fingerprint density at radius 1 is 0.384 bits per heavy atom. The molecule has 0 saturated carbocycles. The van der Waals surface area contributed by atoms with Crippen molar-refractivity contribution in [1.82, 2.24) is 9.55 Å². The highest BCUT2D eigenvalue weighted by molar-refractivity contribution is 6.10.